The van der Waals surface area contributed by atoms with Crippen molar-refractivity contribution < 1.29 is 14.3 Å². The third-order valence-corrected chi connectivity index (χ3v) is 3.94. The van der Waals surface area contributed by atoms with Gasteiger partial charge in [-0.1, -0.05) is 12.1 Å². The number of ether oxygens (including phenoxy) is 2. The molecule has 0 radical (unpaired) electrons. The van der Waals surface area contributed by atoms with E-state index in [0.29, 0.717) is 19.4 Å². The van der Waals surface area contributed by atoms with Crippen LogP contribution in [0.1, 0.15) is 17.5 Å². The maximum atomic E-state index is 12.1. The van der Waals surface area contributed by atoms with E-state index >= 15 is 0 Å². The minimum absolute atomic E-state index is 0.00370. The molecule has 2 heterocycles. The highest BCUT2D eigenvalue weighted by Gasteiger charge is 2.23. The van der Waals surface area contributed by atoms with Crippen molar-refractivity contribution >= 4 is 5.91 Å². The van der Waals surface area contributed by atoms with Crippen LogP contribution in [0.4, 0.5) is 0 Å². The van der Waals surface area contributed by atoms with E-state index in [1.165, 1.54) is 0 Å². The van der Waals surface area contributed by atoms with Crippen LogP contribution < -0.4 is 14.8 Å². The Morgan fingerprint density at radius 3 is 3.13 bits per heavy atom. The van der Waals surface area contributed by atoms with Gasteiger partial charge in [-0.2, -0.15) is 5.10 Å². The summed E-state index contributed by atoms with van der Waals surface area (Å²) in [5.41, 5.74) is 2.13. The van der Waals surface area contributed by atoms with E-state index in [9.17, 15) is 4.79 Å². The van der Waals surface area contributed by atoms with Crippen LogP contribution in [0, 0.1) is 0 Å². The topological polar surface area (TPSA) is 65.4 Å². The number of nitrogens with one attached hydrogen (secondary N) is 1. The first-order valence-corrected chi connectivity index (χ1v) is 7.71. The predicted octanol–water partition coefficient (Wildman–Crippen LogP) is 1.48. The lowest BCUT2D eigenvalue weighted by Crippen LogP contribution is -2.42. The second kappa shape index (κ2) is 6.73. The number of rotatable bonds is 5. The minimum Gasteiger partial charge on any atom is -0.493 e. The zero-order valence-electron chi connectivity index (χ0n) is 13.4. The molecule has 1 aliphatic heterocycles. The molecule has 1 amide bonds. The summed E-state index contributed by atoms with van der Waals surface area (Å²) < 4.78 is 12.8. The number of aromatic nitrogens is 2. The van der Waals surface area contributed by atoms with E-state index in [-0.39, 0.29) is 11.9 Å². The molecule has 2 aromatic rings. The Morgan fingerprint density at radius 2 is 2.39 bits per heavy atom. The van der Waals surface area contributed by atoms with E-state index in [1.54, 1.807) is 18.0 Å². The van der Waals surface area contributed by atoms with Crippen LogP contribution in [0.2, 0.25) is 0 Å². The smallest absolute Gasteiger partial charge is 0.220 e. The highest BCUT2D eigenvalue weighted by Crippen LogP contribution is 2.34. The zero-order chi connectivity index (χ0) is 16.2. The molecule has 1 aromatic carbocycles. The molecular formula is C17H21N3O3. The molecule has 0 aliphatic carbocycles. The Morgan fingerprint density at radius 1 is 1.52 bits per heavy atom. The Kier molecular flexibility index (Phi) is 4.50. The number of carbonyl (C=O) groups excluding carboxylic acids is 1. The van der Waals surface area contributed by atoms with Gasteiger partial charge >= 0.3 is 0 Å². The Hall–Kier alpha value is -2.50. The number of hydrogen-bond acceptors (Lipinski definition) is 4. The van der Waals surface area contributed by atoms with Crippen LogP contribution in [0.3, 0.4) is 0 Å². The van der Waals surface area contributed by atoms with Gasteiger partial charge in [-0.05, 0) is 24.5 Å². The molecule has 6 nitrogen and oxygen atoms in total. The van der Waals surface area contributed by atoms with Crippen molar-refractivity contribution in [1.82, 2.24) is 15.1 Å². The number of benzene rings is 1. The van der Waals surface area contributed by atoms with Crippen LogP contribution in [-0.4, -0.2) is 35.4 Å². The van der Waals surface area contributed by atoms with Gasteiger partial charge in [0.15, 0.2) is 11.5 Å². The predicted molar refractivity (Wildman–Crippen MR) is 85.7 cm³/mol. The highest BCUT2D eigenvalue weighted by atomic mass is 16.5. The number of carbonyl (C=O) groups is 1. The van der Waals surface area contributed by atoms with Crippen molar-refractivity contribution in [1.29, 1.82) is 0 Å². The van der Waals surface area contributed by atoms with Gasteiger partial charge in [0.25, 0.3) is 0 Å². The maximum absolute atomic E-state index is 12.1. The molecule has 0 bridgehead atoms. The quantitative estimate of drug-likeness (QED) is 0.908. The first kappa shape index (κ1) is 15.4. The Balaban J connectivity index is 1.54. The summed E-state index contributed by atoms with van der Waals surface area (Å²) >= 11 is 0. The molecule has 1 unspecified atom stereocenters. The van der Waals surface area contributed by atoms with Crippen molar-refractivity contribution in [2.75, 3.05) is 13.7 Å². The van der Waals surface area contributed by atoms with Gasteiger partial charge in [0, 0.05) is 25.2 Å². The fourth-order valence-electron chi connectivity index (χ4n) is 2.81. The second-order valence-corrected chi connectivity index (χ2v) is 5.75. The molecule has 1 atom stereocenters. The van der Waals surface area contributed by atoms with Gasteiger partial charge in [-0.15, -0.1) is 0 Å². The van der Waals surface area contributed by atoms with E-state index in [0.717, 1.165) is 29.0 Å². The van der Waals surface area contributed by atoms with Crippen molar-refractivity contribution in [3.63, 3.8) is 0 Å². The van der Waals surface area contributed by atoms with Crippen LogP contribution in [0.5, 0.6) is 11.5 Å². The fraction of sp³-hybridized carbons (Fsp3) is 0.412. The number of aryl methyl sites for hydroxylation is 2. The number of fused-ring (bicyclic) bond motifs is 1. The second-order valence-electron chi connectivity index (χ2n) is 5.75. The van der Waals surface area contributed by atoms with Crippen LogP contribution in [0.25, 0.3) is 0 Å². The molecule has 23 heavy (non-hydrogen) atoms. The van der Waals surface area contributed by atoms with Crippen LogP contribution >= 0.6 is 0 Å². The molecule has 1 aromatic heterocycles. The van der Waals surface area contributed by atoms with Gasteiger partial charge in [0.1, 0.15) is 6.61 Å². The van der Waals surface area contributed by atoms with Gasteiger partial charge in [-0.25, -0.2) is 0 Å². The highest BCUT2D eigenvalue weighted by molar-refractivity contribution is 5.76. The lowest BCUT2D eigenvalue weighted by Gasteiger charge is -2.27. The molecule has 1 aliphatic rings. The zero-order valence-corrected chi connectivity index (χ0v) is 13.4. The van der Waals surface area contributed by atoms with Gasteiger partial charge in [-0.3, -0.25) is 9.48 Å². The summed E-state index contributed by atoms with van der Waals surface area (Å²) in [6, 6.07) is 5.82. The van der Waals surface area contributed by atoms with Gasteiger partial charge in [0.2, 0.25) is 5.91 Å². The number of para-hydroxylation sites is 1. The van der Waals surface area contributed by atoms with Gasteiger partial charge in [0.05, 0.1) is 19.3 Å². The first-order valence-electron chi connectivity index (χ1n) is 7.71. The summed E-state index contributed by atoms with van der Waals surface area (Å²) in [5, 5.41) is 7.15. The van der Waals surface area contributed by atoms with Crippen molar-refractivity contribution in [3.05, 3.63) is 41.7 Å². The lowest BCUT2D eigenvalue weighted by molar-refractivity contribution is -0.122. The largest absolute Gasteiger partial charge is 0.493 e. The molecule has 1 N–H and O–H groups in total. The van der Waals surface area contributed by atoms with Crippen molar-refractivity contribution in [2.45, 2.75) is 25.3 Å². The molecule has 122 valence electrons. The summed E-state index contributed by atoms with van der Waals surface area (Å²) in [5.74, 6) is 1.56. The van der Waals surface area contributed by atoms with E-state index < -0.39 is 0 Å². The standard InChI is InChI=1S/C17H21N3O3/c1-20-10-12(9-18-20)6-7-16(21)19-14-8-13-4-3-5-15(22-2)17(13)23-11-14/h3-5,9-10,14H,6-8,11H2,1-2H3,(H,19,21). The minimum atomic E-state index is -0.00370. The Bertz CT molecular complexity index is 696. The number of nitrogens with zero attached hydrogens (tertiary/aromatic N) is 2. The maximum Gasteiger partial charge on any atom is 0.220 e. The van der Waals surface area contributed by atoms with E-state index in [2.05, 4.69) is 10.4 Å². The molecule has 6 heteroatoms. The average molecular weight is 315 g/mol. The number of methoxy groups -OCH3 is 1. The first-order chi connectivity index (χ1) is 11.2. The number of amides is 1. The summed E-state index contributed by atoms with van der Waals surface area (Å²) in [4.78, 5) is 12.1. The normalized spacial score (nSPS) is 16.3. The SMILES string of the molecule is COc1cccc2c1OCC(NC(=O)CCc1cnn(C)c1)C2. The van der Waals surface area contributed by atoms with E-state index in [4.69, 9.17) is 9.47 Å². The van der Waals surface area contributed by atoms with Crippen LogP contribution in [-0.2, 0) is 24.7 Å². The average Bonchev–Trinajstić information content (AvgIpc) is 2.97. The molecular weight excluding hydrogens is 294 g/mol. The van der Waals surface area contributed by atoms with E-state index in [1.807, 2.05) is 31.4 Å². The number of hydrogen-bond donors (Lipinski definition) is 1. The van der Waals surface area contributed by atoms with Crippen LogP contribution in [0.15, 0.2) is 30.6 Å². The molecule has 0 saturated carbocycles. The summed E-state index contributed by atoms with van der Waals surface area (Å²) in [7, 11) is 3.50. The monoisotopic (exact) mass is 315 g/mol. The van der Waals surface area contributed by atoms with Crippen molar-refractivity contribution in [3.8, 4) is 11.5 Å². The molecule has 0 spiro atoms. The third-order valence-electron chi connectivity index (χ3n) is 3.94. The van der Waals surface area contributed by atoms with Gasteiger partial charge < -0.3 is 14.8 Å². The lowest BCUT2D eigenvalue weighted by atomic mass is 10.0. The molecule has 3 rings (SSSR count). The summed E-state index contributed by atoms with van der Waals surface area (Å²) in [6.45, 7) is 0.464. The molecule has 0 saturated heterocycles. The van der Waals surface area contributed by atoms with Crippen molar-refractivity contribution in [2.24, 2.45) is 7.05 Å². The fourth-order valence-corrected chi connectivity index (χ4v) is 2.81. The molecule has 0 fully saturated rings. The third kappa shape index (κ3) is 3.64. The Labute approximate surface area is 135 Å². The summed E-state index contributed by atoms with van der Waals surface area (Å²) in [6.07, 6.45) is 5.62.